The number of aromatic amines is 2. The second-order valence-corrected chi connectivity index (χ2v) is 7.43. The average molecular weight is 432 g/mol. The van der Waals surface area contributed by atoms with Crippen LogP contribution in [0.1, 0.15) is 24.5 Å². The zero-order chi connectivity index (χ0) is 22.7. The Labute approximate surface area is 183 Å². The number of fused-ring (bicyclic) bond motifs is 1. The van der Waals surface area contributed by atoms with E-state index in [9.17, 15) is 14.7 Å². The Morgan fingerprint density at radius 2 is 1.91 bits per heavy atom. The molecule has 0 aliphatic carbocycles. The number of aliphatic imine (C=N–C) groups is 1. The van der Waals surface area contributed by atoms with Gasteiger partial charge in [-0.2, -0.15) is 0 Å². The predicted octanol–water partition coefficient (Wildman–Crippen LogP) is 3.16. The number of nitrogens with zero attached hydrogens (tertiary/aromatic N) is 2. The molecule has 0 amide bonds. The molecule has 0 radical (unpaired) electrons. The van der Waals surface area contributed by atoms with Gasteiger partial charge in [0, 0.05) is 23.3 Å². The monoisotopic (exact) mass is 432 g/mol. The number of nitrogens with one attached hydrogen (secondary N) is 2. The third kappa shape index (κ3) is 4.07. The SMILES string of the molecule is CCC(Cc1c[nH]c2ccccc12)N=Cc1c(O)n(-c2ccc(OC)cc2)c(=O)[nH]c1=O. The summed E-state index contributed by atoms with van der Waals surface area (Å²) in [7, 11) is 1.54. The molecular formula is C24H24N4O4. The van der Waals surface area contributed by atoms with Crippen molar-refractivity contribution in [1.29, 1.82) is 0 Å². The van der Waals surface area contributed by atoms with Gasteiger partial charge in [0.25, 0.3) is 5.56 Å². The molecule has 0 aliphatic heterocycles. The fraction of sp³-hybridized carbons (Fsp3) is 0.208. The number of ether oxygens (including phenoxy) is 1. The van der Waals surface area contributed by atoms with Crippen LogP contribution in [-0.2, 0) is 6.42 Å². The van der Waals surface area contributed by atoms with Crippen molar-refractivity contribution in [3.05, 3.63) is 86.7 Å². The van der Waals surface area contributed by atoms with Crippen molar-refractivity contribution in [2.24, 2.45) is 4.99 Å². The summed E-state index contributed by atoms with van der Waals surface area (Å²) < 4.78 is 6.15. The molecule has 0 aliphatic rings. The van der Waals surface area contributed by atoms with Crippen molar-refractivity contribution in [3.63, 3.8) is 0 Å². The summed E-state index contributed by atoms with van der Waals surface area (Å²) >= 11 is 0. The topological polar surface area (TPSA) is 112 Å². The third-order valence-electron chi connectivity index (χ3n) is 5.47. The highest BCUT2D eigenvalue weighted by Gasteiger charge is 2.15. The van der Waals surface area contributed by atoms with Crippen LogP contribution in [0, 0.1) is 0 Å². The number of aromatic nitrogens is 3. The second kappa shape index (κ2) is 8.97. The summed E-state index contributed by atoms with van der Waals surface area (Å²) in [5.74, 6) is 0.144. The molecule has 2 heterocycles. The highest BCUT2D eigenvalue weighted by molar-refractivity contribution is 5.84. The molecule has 32 heavy (non-hydrogen) atoms. The molecule has 0 saturated heterocycles. The molecule has 1 atom stereocenters. The van der Waals surface area contributed by atoms with Crippen molar-refractivity contribution in [2.75, 3.05) is 7.11 Å². The Bertz CT molecular complexity index is 1380. The minimum Gasteiger partial charge on any atom is -0.497 e. The third-order valence-corrected chi connectivity index (χ3v) is 5.47. The van der Waals surface area contributed by atoms with Crippen LogP contribution in [0.3, 0.4) is 0 Å². The molecule has 8 nitrogen and oxygen atoms in total. The lowest BCUT2D eigenvalue weighted by Crippen LogP contribution is -2.31. The maximum atomic E-state index is 12.4. The number of H-pyrrole nitrogens is 2. The number of benzene rings is 2. The first-order valence-corrected chi connectivity index (χ1v) is 10.3. The van der Waals surface area contributed by atoms with Crippen LogP contribution in [0.25, 0.3) is 16.6 Å². The van der Waals surface area contributed by atoms with E-state index in [1.807, 2.05) is 31.3 Å². The minimum atomic E-state index is -0.736. The van der Waals surface area contributed by atoms with Gasteiger partial charge in [0.2, 0.25) is 5.88 Å². The molecule has 3 N–H and O–H groups in total. The van der Waals surface area contributed by atoms with E-state index < -0.39 is 17.1 Å². The van der Waals surface area contributed by atoms with Gasteiger partial charge in [-0.05, 0) is 48.7 Å². The van der Waals surface area contributed by atoms with E-state index in [0.717, 1.165) is 27.5 Å². The Hall–Kier alpha value is -4.07. The van der Waals surface area contributed by atoms with Crippen LogP contribution in [0.4, 0.5) is 0 Å². The zero-order valence-electron chi connectivity index (χ0n) is 17.8. The molecule has 0 bridgehead atoms. The molecular weight excluding hydrogens is 408 g/mol. The van der Waals surface area contributed by atoms with E-state index in [-0.39, 0.29) is 11.6 Å². The van der Waals surface area contributed by atoms with E-state index in [0.29, 0.717) is 17.9 Å². The van der Waals surface area contributed by atoms with Crippen LogP contribution >= 0.6 is 0 Å². The first kappa shape index (κ1) is 21.2. The van der Waals surface area contributed by atoms with Gasteiger partial charge in [0.15, 0.2) is 0 Å². The van der Waals surface area contributed by atoms with E-state index in [1.165, 1.54) is 13.3 Å². The number of aromatic hydroxyl groups is 1. The standard InChI is InChI=1S/C24H24N4O4/c1-3-16(12-15-13-26-21-7-5-4-6-19(15)21)25-14-20-22(29)27-24(31)28(23(20)30)17-8-10-18(32-2)11-9-17/h4-11,13-14,16,26,30H,3,12H2,1-2H3,(H,27,29,31). The van der Waals surface area contributed by atoms with Gasteiger partial charge >= 0.3 is 5.69 Å². The first-order valence-electron chi connectivity index (χ1n) is 10.3. The van der Waals surface area contributed by atoms with Gasteiger partial charge in [-0.25, -0.2) is 9.36 Å². The summed E-state index contributed by atoms with van der Waals surface area (Å²) in [6, 6.07) is 14.5. The maximum absolute atomic E-state index is 12.4. The largest absolute Gasteiger partial charge is 0.497 e. The van der Waals surface area contributed by atoms with E-state index >= 15 is 0 Å². The second-order valence-electron chi connectivity index (χ2n) is 7.43. The van der Waals surface area contributed by atoms with Crippen molar-refractivity contribution in [3.8, 4) is 17.3 Å². The van der Waals surface area contributed by atoms with Crippen molar-refractivity contribution in [2.45, 2.75) is 25.8 Å². The summed E-state index contributed by atoms with van der Waals surface area (Å²) in [6.07, 6.45) is 4.73. The van der Waals surface area contributed by atoms with Crippen molar-refractivity contribution >= 4 is 17.1 Å². The quantitative estimate of drug-likeness (QED) is 0.389. The Morgan fingerprint density at radius 3 is 2.62 bits per heavy atom. The minimum absolute atomic E-state index is 0.0715. The molecule has 2 aromatic heterocycles. The van der Waals surface area contributed by atoms with Gasteiger partial charge in [-0.3, -0.25) is 14.8 Å². The predicted molar refractivity (Wildman–Crippen MR) is 125 cm³/mol. The molecule has 4 aromatic rings. The van der Waals surface area contributed by atoms with Crippen molar-refractivity contribution in [1.82, 2.24) is 14.5 Å². The molecule has 1 unspecified atom stereocenters. The number of methoxy groups -OCH3 is 1. The molecule has 4 rings (SSSR count). The average Bonchev–Trinajstić information content (AvgIpc) is 3.21. The van der Waals surface area contributed by atoms with Gasteiger partial charge in [-0.15, -0.1) is 0 Å². The van der Waals surface area contributed by atoms with Crippen molar-refractivity contribution < 1.29 is 9.84 Å². The van der Waals surface area contributed by atoms with Crippen LogP contribution < -0.4 is 16.0 Å². The highest BCUT2D eigenvalue weighted by Crippen LogP contribution is 2.22. The van der Waals surface area contributed by atoms with Gasteiger partial charge < -0.3 is 14.8 Å². The Morgan fingerprint density at radius 1 is 1.16 bits per heavy atom. The summed E-state index contributed by atoms with van der Waals surface area (Å²) in [5, 5.41) is 11.9. The van der Waals surface area contributed by atoms with E-state index in [2.05, 4.69) is 21.0 Å². The number of hydrogen-bond acceptors (Lipinski definition) is 5. The van der Waals surface area contributed by atoms with E-state index in [4.69, 9.17) is 4.74 Å². The Kier molecular flexibility index (Phi) is 5.93. The summed E-state index contributed by atoms with van der Waals surface area (Å²) in [6.45, 7) is 2.01. The van der Waals surface area contributed by atoms with Crippen LogP contribution in [0.2, 0.25) is 0 Å². The number of rotatable bonds is 7. The van der Waals surface area contributed by atoms with Crippen LogP contribution in [0.15, 0.2) is 69.3 Å². The van der Waals surface area contributed by atoms with Crippen LogP contribution in [0.5, 0.6) is 11.6 Å². The fourth-order valence-electron chi connectivity index (χ4n) is 3.66. The summed E-state index contributed by atoms with van der Waals surface area (Å²) in [4.78, 5) is 34.8. The zero-order valence-corrected chi connectivity index (χ0v) is 17.8. The molecule has 0 fully saturated rings. The lowest BCUT2D eigenvalue weighted by Gasteiger charge is -2.12. The highest BCUT2D eigenvalue weighted by atomic mass is 16.5. The number of para-hydroxylation sites is 1. The van der Waals surface area contributed by atoms with E-state index in [1.54, 1.807) is 24.3 Å². The molecule has 2 aromatic carbocycles. The smallest absolute Gasteiger partial charge is 0.335 e. The maximum Gasteiger partial charge on any atom is 0.335 e. The molecule has 0 saturated carbocycles. The van der Waals surface area contributed by atoms with Gasteiger partial charge in [0.05, 0.1) is 18.8 Å². The Balaban J connectivity index is 1.66. The van der Waals surface area contributed by atoms with Gasteiger partial charge in [0.1, 0.15) is 11.3 Å². The normalized spacial score (nSPS) is 12.4. The lowest BCUT2D eigenvalue weighted by atomic mass is 10.0. The molecule has 0 spiro atoms. The van der Waals surface area contributed by atoms with Gasteiger partial charge in [-0.1, -0.05) is 25.1 Å². The summed E-state index contributed by atoms with van der Waals surface area (Å²) in [5.41, 5.74) is 1.08. The molecule has 164 valence electrons. The fourth-order valence-corrected chi connectivity index (χ4v) is 3.66. The lowest BCUT2D eigenvalue weighted by molar-refractivity contribution is 0.414. The van der Waals surface area contributed by atoms with Crippen LogP contribution in [-0.4, -0.2) is 39.0 Å². The molecule has 8 heteroatoms. The first-order chi connectivity index (χ1) is 15.5. The number of hydrogen-bond donors (Lipinski definition) is 3.